The average Bonchev–Trinajstić information content (AvgIpc) is 2.57. The maximum atomic E-state index is 12.1. The third kappa shape index (κ3) is 4.57. The molecular formula is C14H12IN3O6S. The minimum atomic E-state index is -3.93. The summed E-state index contributed by atoms with van der Waals surface area (Å²) in [5, 5.41) is 24.3. The number of methoxy groups -OCH3 is 1. The Bertz CT molecular complexity index is 928. The highest BCUT2D eigenvalue weighted by Crippen LogP contribution is 2.30. The number of ether oxygens (including phenoxy) is 1. The summed E-state index contributed by atoms with van der Waals surface area (Å²) < 4.78 is 29.7. The molecule has 0 radical (unpaired) electrons. The molecular weight excluding hydrogens is 465 g/mol. The number of nitro benzene ring substituents is 1. The fraction of sp³-hybridized carbons (Fsp3) is 0.0714. The number of hydrogen-bond acceptors (Lipinski definition) is 7. The van der Waals surface area contributed by atoms with Crippen LogP contribution in [0.25, 0.3) is 0 Å². The molecule has 0 amide bonds. The lowest BCUT2D eigenvalue weighted by atomic mass is 10.2. The van der Waals surface area contributed by atoms with Gasteiger partial charge in [-0.05, 0) is 52.9 Å². The van der Waals surface area contributed by atoms with Crippen LogP contribution in [0.15, 0.2) is 46.4 Å². The van der Waals surface area contributed by atoms with Gasteiger partial charge in [0.1, 0.15) is 5.75 Å². The Hall–Kier alpha value is -2.41. The maximum Gasteiger partial charge on any atom is 0.312 e. The van der Waals surface area contributed by atoms with Crippen LogP contribution in [0.1, 0.15) is 5.56 Å². The summed E-state index contributed by atoms with van der Waals surface area (Å²) in [7, 11) is -2.47. The minimum Gasteiger partial charge on any atom is -0.502 e. The minimum absolute atomic E-state index is 0.0102. The Labute approximate surface area is 156 Å². The molecule has 0 fully saturated rings. The Morgan fingerprint density at radius 3 is 2.52 bits per heavy atom. The van der Waals surface area contributed by atoms with E-state index in [0.29, 0.717) is 9.32 Å². The molecule has 9 nitrogen and oxygen atoms in total. The van der Waals surface area contributed by atoms with E-state index in [0.717, 1.165) is 6.21 Å². The Morgan fingerprint density at radius 1 is 1.32 bits per heavy atom. The number of nitro groups is 1. The zero-order valence-corrected chi connectivity index (χ0v) is 15.7. The standard InChI is InChI=1S/C14H12IN3O6S/c1-24-11-2-4-12(5-3-11)25(22,23)17-16-8-9-6-10(15)7-13(14(9)19)18(20)21/h2-8,17,19H,1H3. The smallest absolute Gasteiger partial charge is 0.312 e. The number of aromatic hydroxyl groups is 1. The van der Waals surface area contributed by atoms with Crippen molar-refractivity contribution < 1.29 is 23.2 Å². The lowest BCUT2D eigenvalue weighted by molar-refractivity contribution is -0.386. The maximum absolute atomic E-state index is 12.1. The summed E-state index contributed by atoms with van der Waals surface area (Å²) >= 11 is 1.84. The number of benzene rings is 2. The largest absolute Gasteiger partial charge is 0.502 e. The second kappa shape index (κ2) is 7.65. The predicted molar refractivity (Wildman–Crippen MR) is 98.4 cm³/mol. The molecule has 0 aliphatic rings. The van der Waals surface area contributed by atoms with Gasteiger partial charge >= 0.3 is 5.69 Å². The molecule has 0 heterocycles. The summed E-state index contributed by atoms with van der Waals surface area (Å²) in [5.41, 5.74) is -0.484. The van der Waals surface area contributed by atoms with Crippen molar-refractivity contribution in [3.63, 3.8) is 0 Å². The monoisotopic (exact) mass is 477 g/mol. The summed E-state index contributed by atoms with van der Waals surface area (Å²) in [6.45, 7) is 0. The molecule has 0 aliphatic carbocycles. The summed E-state index contributed by atoms with van der Waals surface area (Å²) in [5.74, 6) is -0.101. The molecule has 0 aromatic heterocycles. The fourth-order valence-corrected chi connectivity index (χ4v) is 3.24. The van der Waals surface area contributed by atoms with Crippen LogP contribution in [-0.4, -0.2) is 31.8 Å². The van der Waals surface area contributed by atoms with E-state index in [9.17, 15) is 23.6 Å². The van der Waals surface area contributed by atoms with Crippen molar-refractivity contribution in [1.82, 2.24) is 4.83 Å². The van der Waals surface area contributed by atoms with Crippen molar-refractivity contribution in [1.29, 1.82) is 0 Å². The number of nitrogens with zero attached hydrogens (tertiary/aromatic N) is 2. The molecule has 2 aromatic rings. The Morgan fingerprint density at radius 2 is 1.96 bits per heavy atom. The lowest BCUT2D eigenvalue weighted by Gasteiger charge is -2.05. The van der Waals surface area contributed by atoms with Crippen molar-refractivity contribution in [3.05, 3.63) is 55.6 Å². The van der Waals surface area contributed by atoms with E-state index in [1.54, 1.807) is 0 Å². The van der Waals surface area contributed by atoms with Crippen LogP contribution < -0.4 is 9.57 Å². The van der Waals surface area contributed by atoms with Crippen molar-refractivity contribution in [2.75, 3.05) is 7.11 Å². The summed E-state index contributed by atoms with van der Waals surface area (Å²) in [4.78, 5) is 12.1. The molecule has 0 bridgehead atoms. The molecule has 0 aliphatic heterocycles. The number of hydrogen-bond donors (Lipinski definition) is 2. The van der Waals surface area contributed by atoms with Gasteiger partial charge < -0.3 is 9.84 Å². The zero-order valence-electron chi connectivity index (χ0n) is 12.7. The number of hydrazone groups is 1. The number of nitrogens with one attached hydrogen (secondary N) is 1. The molecule has 0 saturated carbocycles. The molecule has 132 valence electrons. The van der Waals surface area contributed by atoms with Gasteiger partial charge in [0.05, 0.1) is 23.1 Å². The van der Waals surface area contributed by atoms with E-state index in [1.165, 1.54) is 43.5 Å². The summed E-state index contributed by atoms with van der Waals surface area (Å²) in [6.07, 6.45) is 0.992. The molecule has 25 heavy (non-hydrogen) atoms. The van der Waals surface area contributed by atoms with E-state index < -0.39 is 26.4 Å². The summed E-state index contributed by atoms with van der Waals surface area (Å²) in [6, 6.07) is 8.25. The molecule has 11 heteroatoms. The Kier molecular flexibility index (Phi) is 5.79. The number of halogens is 1. The van der Waals surface area contributed by atoms with Gasteiger partial charge in [-0.1, -0.05) is 0 Å². The van der Waals surface area contributed by atoms with Crippen LogP contribution >= 0.6 is 22.6 Å². The third-order valence-electron chi connectivity index (χ3n) is 3.03. The van der Waals surface area contributed by atoms with Crippen molar-refractivity contribution in [2.24, 2.45) is 5.10 Å². The molecule has 0 saturated heterocycles. The lowest BCUT2D eigenvalue weighted by Crippen LogP contribution is -2.18. The van der Waals surface area contributed by atoms with E-state index >= 15 is 0 Å². The number of sulfonamides is 1. The van der Waals surface area contributed by atoms with Crippen LogP contribution in [-0.2, 0) is 10.0 Å². The van der Waals surface area contributed by atoms with E-state index in [4.69, 9.17) is 4.74 Å². The Balaban J connectivity index is 2.24. The molecule has 2 N–H and O–H groups in total. The van der Waals surface area contributed by atoms with E-state index in [2.05, 4.69) is 5.10 Å². The van der Waals surface area contributed by atoms with Gasteiger partial charge in [0.15, 0.2) is 0 Å². The first-order chi connectivity index (χ1) is 11.7. The highest BCUT2D eigenvalue weighted by Gasteiger charge is 2.18. The average molecular weight is 477 g/mol. The zero-order chi connectivity index (χ0) is 18.6. The van der Waals surface area contributed by atoms with Gasteiger partial charge in [-0.3, -0.25) is 10.1 Å². The number of rotatable bonds is 6. The second-order valence-electron chi connectivity index (χ2n) is 4.65. The van der Waals surface area contributed by atoms with Crippen LogP contribution in [0.2, 0.25) is 0 Å². The van der Waals surface area contributed by atoms with Gasteiger partial charge in [0.25, 0.3) is 10.0 Å². The number of phenols is 1. The third-order valence-corrected chi connectivity index (χ3v) is 4.89. The van der Waals surface area contributed by atoms with Gasteiger partial charge in [-0.15, -0.1) is 0 Å². The van der Waals surface area contributed by atoms with Crippen LogP contribution in [0.4, 0.5) is 5.69 Å². The molecule has 2 aromatic carbocycles. The van der Waals surface area contributed by atoms with Gasteiger partial charge in [0.2, 0.25) is 5.75 Å². The topological polar surface area (TPSA) is 131 Å². The van der Waals surface area contributed by atoms with Crippen LogP contribution in [0, 0.1) is 13.7 Å². The SMILES string of the molecule is COc1ccc(S(=O)(=O)NN=Cc2cc(I)cc([N+](=O)[O-])c2O)cc1. The number of phenolic OH excluding ortho intramolecular Hbond substituents is 1. The fourth-order valence-electron chi connectivity index (χ4n) is 1.82. The molecule has 2 rings (SSSR count). The van der Waals surface area contributed by atoms with Crippen molar-refractivity contribution in [2.45, 2.75) is 4.90 Å². The molecule has 0 unspecified atom stereocenters. The second-order valence-corrected chi connectivity index (χ2v) is 7.55. The first kappa shape index (κ1) is 18.9. The van der Waals surface area contributed by atoms with E-state index in [1.807, 2.05) is 27.4 Å². The van der Waals surface area contributed by atoms with Gasteiger partial charge in [-0.25, -0.2) is 4.83 Å². The molecule has 0 spiro atoms. The van der Waals surface area contributed by atoms with Crippen LogP contribution in [0.3, 0.4) is 0 Å². The normalized spacial score (nSPS) is 11.4. The highest BCUT2D eigenvalue weighted by molar-refractivity contribution is 14.1. The quantitative estimate of drug-likeness (QED) is 0.284. The van der Waals surface area contributed by atoms with Crippen LogP contribution in [0.5, 0.6) is 11.5 Å². The molecule has 0 atom stereocenters. The van der Waals surface area contributed by atoms with Gasteiger partial charge in [0, 0.05) is 15.2 Å². The van der Waals surface area contributed by atoms with Crippen molar-refractivity contribution >= 4 is 44.5 Å². The predicted octanol–water partition coefficient (Wildman–Crippen LogP) is 2.23. The van der Waals surface area contributed by atoms with Crippen molar-refractivity contribution in [3.8, 4) is 11.5 Å². The van der Waals surface area contributed by atoms with E-state index in [-0.39, 0.29) is 10.5 Å². The highest BCUT2D eigenvalue weighted by atomic mass is 127. The van der Waals surface area contributed by atoms with Gasteiger partial charge in [-0.2, -0.15) is 13.5 Å². The first-order valence-electron chi connectivity index (χ1n) is 6.60. The first-order valence-corrected chi connectivity index (χ1v) is 9.16.